The van der Waals surface area contributed by atoms with Gasteiger partial charge in [0.1, 0.15) is 0 Å². The van der Waals surface area contributed by atoms with E-state index < -0.39 is 0 Å². The van der Waals surface area contributed by atoms with Gasteiger partial charge in [0.15, 0.2) is 0 Å². The largest absolute Gasteiger partial charge is 0.348 e. The third-order valence-electron chi connectivity index (χ3n) is 4.74. The van der Waals surface area contributed by atoms with Gasteiger partial charge in [0.25, 0.3) is 0 Å². The van der Waals surface area contributed by atoms with Crippen LogP contribution in [0.1, 0.15) is 28.6 Å². The van der Waals surface area contributed by atoms with Gasteiger partial charge < -0.3 is 11.1 Å². The van der Waals surface area contributed by atoms with Gasteiger partial charge in [-0.2, -0.15) is 5.10 Å². The molecule has 0 saturated carbocycles. The fourth-order valence-electron chi connectivity index (χ4n) is 3.18. The molecule has 0 saturated heterocycles. The van der Waals surface area contributed by atoms with Crippen LogP contribution in [0.2, 0.25) is 0 Å². The molecule has 0 radical (unpaired) electrons. The van der Waals surface area contributed by atoms with Crippen molar-refractivity contribution in [2.45, 2.75) is 26.3 Å². The van der Waals surface area contributed by atoms with Crippen molar-refractivity contribution in [3.05, 3.63) is 65.0 Å². The van der Waals surface area contributed by atoms with Gasteiger partial charge in [0.05, 0.1) is 18.2 Å². The highest BCUT2D eigenvalue weighted by molar-refractivity contribution is 5.85. The molecule has 0 fully saturated rings. The molecule has 3 N–H and O–H groups in total. The minimum absolute atomic E-state index is 0. The average Bonchev–Trinajstić information content (AvgIpc) is 2.85. The summed E-state index contributed by atoms with van der Waals surface area (Å²) < 4.78 is 1.81. The molecule has 0 aliphatic carbocycles. The number of nitrogens with zero attached hydrogens (tertiary/aromatic N) is 2. The van der Waals surface area contributed by atoms with Crippen molar-refractivity contribution < 1.29 is 4.79 Å². The van der Waals surface area contributed by atoms with Crippen LogP contribution in [0.5, 0.6) is 0 Å². The van der Waals surface area contributed by atoms with Crippen LogP contribution in [0.4, 0.5) is 0 Å². The van der Waals surface area contributed by atoms with Crippen molar-refractivity contribution in [1.29, 1.82) is 0 Å². The summed E-state index contributed by atoms with van der Waals surface area (Å²) in [6.45, 7) is 4.26. The number of nitrogens with one attached hydrogen (secondary N) is 1. The molecule has 5 nitrogen and oxygen atoms in total. The number of aromatic nitrogens is 2. The first-order valence-electron chi connectivity index (χ1n) is 8.46. The van der Waals surface area contributed by atoms with Gasteiger partial charge in [-0.15, -0.1) is 12.4 Å². The predicted octanol–water partition coefficient (Wildman–Crippen LogP) is 2.97. The molecule has 1 aromatic heterocycles. The third-order valence-corrected chi connectivity index (χ3v) is 4.74. The maximum absolute atomic E-state index is 12.5. The van der Waals surface area contributed by atoms with Gasteiger partial charge in [0.2, 0.25) is 5.91 Å². The van der Waals surface area contributed by atoms with E-state index in [0.29, 0.717) is 13.0 Å². The summed E-state index contributed by atoms with van der Waals surface area (Å²) in [6.07, 6.45) is 0.315. The molecule has 1 heterocycles. The molecular weight excluding hydrogens is 348 g/mol. The lowest BCUT2D eigenvalue weighted by atomic mass is 10.0. The lowest BCUT2D eigenvalue weighted by Crippen LogP contribution is -2.34. The average molecular weight is 373 g/mol. The number of rotatable bonds is 5. The Balaban J connectivity index is 0.00000243. The number of aryl methyl sites for hydroxylation is 2. The molecule has 1 amide bonds. The van der Waals surface area contributed by atoms with Crippen molar-refractivity contribution in [1.82, 2.24) is 15.1 Å². The Morgan fingerprint density at radius 2 is 1.88 bits per heavy atom. The fraction of sp³-hybridized carbons (Fsp3) is 0.300. The van der Waals surface area contributed by atoms with Crippen LogP contribution < -0.4 is 11.1 Å². The van der Waals surface area contributed by atoms with Crippen LogP contribution in [-0.2, 0) is 18.3 Å². The first kappa shape index (κ1) is 19.9. The number of benzene rings is 2. The van der Waals surface area contributed by atoms with Gasteiger partial charge >= 0.3 is 0 Å². The van der Waals surface area contributed by atoms with E-state index >= 15 is 0 Å². The van der Waals surface area contributed by atoms with Crippen molar-refractivity contribution in [2.75, 3.05) is 6.54 Å². The molecule has 138 valence electrons. The number of hydrogen-bond acceptors (Lipinski definition) is 3. The van der Waals surface area contributed by atoms with E-state index in [-0.39, 0.29) is 24.4 Å². The van der Waals surface area contributed by atoms with Crippen LogP contribution in [0, 0.1) is 13.8 Å². The highest BCUT2D eigenvalue weighted by Gasteiger charge is 2.17. The summed E-state index contributed by atoms with van der Waals surface area (Å²) in [5.74, 6) is -0.0391. The Labute approximate surface area is 160 Å². The molecule has 2 aromatic carbocycles. The first-order valence-corrected chi connectivity index (χ1v) is 8.46. The number of carbonyl (C=O) groups is 1. The highest BCUT2D eigenvalue weighted by Crippen LogP contribution is 2.20. The van der Waals surface area contributed by atoms with Crippen LogP contribution in [0.15, 0.2) is 42.5 Å². The highest BCUT2D eigenvalue weighted by atomic mass is 35.5. The Morgan fingerprint density at radius 1 is 1.19 bits per heavy atom. The summed E-state index contributed by atoms with van der Waals surface area (Å²) in [7, 11) is 1.89. The van der Waals surface area contributed by atoms with E-state index in [2.05, 4.69) is 34.7 Å². The first-order chi connectivity index (χ1) is 12.0. The molecule has 0 aliphatic rings. The molecule has 0 unspecified atom stereocenters. The minimum atomic E-state index is -0.200. The predicted molar refractivity (Wildman–Crippen MR) is 108 cm³/mol. The minimum Gasteiger partial charge on any atom is -0.348 e. The molecule has 0 aliphatic heterocycles. The second kappa shape index (κ2) is 8.34. The molecule has 3 rings (SSSR count). The standard InChI is InChI=1S/C20H24N4O.ClH/c1-13-18(14(2)24(3)23-13)11-20(25)22-19(12-21)17-9-8-15-6-4-5-7-16(15)10-17;/h4-10,19H,11-12,21H2,1-3H3,(H,22,25);1H/t19-;/m0./s1. The van der Waals surface area contributed by atoms with Crippen molar-refractivity contribution in [3.8, 4) is 0 Å². The van der Waals surface area contributed by atoms with Gasteiger partial charge in [-0.1, -0.05) is 36.4 Å². The maximum Gasteiger partial charge on any atom is 0.225 e. The molecule has 26 heavy (non-hydrogen) atoms. The summed E-state index contributed by atoms with van der Waals surface area (Å²) in [5, 5.41) is 9.75. The zero-order valence-corrected chi connectivity index (χ0v) is 16.1. The summed E-state index contributed by atoms with van der Waals surface area (Å²) in [5.41, 5.74) is 9.84. The number of nitrogens with two attached hydrogens (primary N) is 1. The number of amides is 1. The second-order valence-electron chi connectivity index (χ2n) is 6.41. The van der Waals surface area contributed by atoms with Crippen LogP contribution in [0.3, 0.4) is 0 Å². The van der Waals surface area contributed by atoms with E-state index in [1.165, 1.54) is 5.39 Å². The van der Waals surface area contributed by atoms with Gasteiger partial charge in [-0.05, 0) is 36.2 Å². The van der Waals surface area contributed by atoms with E-state index in [0.717, 1.165) is 27.9 Å². The summed E-state index contributed by atoms with van der Waals surface area (Å²) in [4.78, 5) is 12.5. The van der Waals surface area contributed by atoms with Gasteiger partial charge in [0, 0.05) is 24.8 Å². The molecule has 1 atom stereocenters. The third kappa shape index (κ3) is 4.06. The van der Waals surface area contributed by atoms with Crippen molar-refractivity contribution >= 4 is 29.1 Å². The number of fused-ring (bicyclic) bond motifs is 1. The topological polar surface area (TPSA) is 72.9 Å². The smallest absolute Gasteiger partial charge is 0.225 e. The molecular formula is C20H25ClN4O. The Hall–Kier alpha value is -2.37. The summed E-state index contributed by atoms with van der Waals surface area (Å²) in [6, 6.07) is 14.1. The maximum atomic E-state index is 12.5. The second-order valence-corrected chi connectivity index (χ2v) is 6.41. The molecule has 6 heteroatoms. The number of hydrogen-bond donors (Lipinski definition) is 2. The zero-order valence-electron chi connectivity index (χ0n) is 15.3. The molecule has 0 bridgehead atoms. The Morgan fingerprint density at radius 3 is 2.50 bits per heavy atom. The number of halogens is 1. The Bertz CT molecular complexity index is 919. The monoisotopic (exact) mass is 372 g/mol. The fourth-order valence-corrected chi connectivity index (χ4v) is 3.18. The van der Waals surface area contributed by atoms with E-state index in [1.807, 2.05) is 43.8 Å². The van der Waals surface area contributed by atoms with Crippen LogP contribution in [0.25, 0.3) is 10.8 Å². The lowest BCUT2D eigenvalue weighted by molar-refractivity contribution is -0.121. The van der Waals surface area contributed by atoms with Crippen molar-refractivity contribution in [3.63, 3.8) is 0 Å². The quantitative estimate of drug-likeness (QED) is 0.723. The van der Waals surface area contributed by atoms with E-state index in [9.17, 15) is 4.79 Å². The van der Waals surface area contributed by atoms with Crippen LogP contribution >= 0.6 is 12.4 Å². The van der Waals surface area contributed by atoms with Crippen LogP contribution in [-0.4, -0.2) is 22.2 Å². The van der Waals surface area contributed by atoms with E-state index in [4.69, 9.17) is 5.73 Å². The molecule has 3 aromatic rings. The molecule has 0 spiro atoms. The number of carbonyl (C=O) groups excluding carboxylic acids is 1. The SMILES string of the molecule is Cc1nn(C)c(C)c1CC(=O)N[C@@H](CN)c1ccc2ccccc2c1.Cl. The van der Waals surface area contributed by atoms with Gasteiger partial charge in [-0.3, -0.25) is 9.48 Å². The lowest BCUT2D eigenvalue weighted by Gasteiger charge is -2.18. The van der Waals surface area contributed by atoms with Gasteiger partial charge in [-0.25, -0.2) is 0 Å². The zero-order chi connectivity index (χ0) is 18.0. The van der Waals surface area contributed by atoms with E-state index in [1.54, 1.807) is 0 Å². The normalized spacial score (nSPS) is 11.8. The van der Waals surface area contributed by atoms with Crippen molar-refractivity contribution in [2.24, 2.45) is 12.8 Å². The summed E-state index contributed by atoms with van der Waals surface area (Å²) >= 11 is 0. The Kier molecular flexibility index (Phi) is 6.40.